The van der Waals surface area contributed by atoms with E-state index in [1.807, 2.05) is 18.3 Å². The maximum atomic E-state index is 6.76. The Balaban J connectivity index is 1.60. The molecule has 0 N–H and O–H groups in total. The predicted molar refractivity (Wildman–Crippen MR) is 155 cm³/mol. The number of fused-ring (bicyclic) bond motifs is 2. The van der Waals surface area contributed by atoms with Gasteiger partial charge in [0.1, 0.15) is 5.69 Å². The first-order chi connectivity index (χ1) is 17.9. The zero-order valence-electron chi connectivity index (χ0n) is 21.7. The molecule has 182 valence electrons. The zero-order valence-corrected chi connectivity index (χ0v) is 21.7. The summed E-state index contributed by atoms with van der Waals surface area (Å²) < 4.78 is 6.76. The highest BCUT2D eigenvalue weighted by atomic mass is 16.4. The predicted octanol–water partition coefficient (Wildman–Crippen LogP) is 9.72. The lowest BCUT2D eigenvalue weighted by molar-refractivity contribution is 0.596. The van der Waals surface area contributed by atoms with Crippen molar-refractivity contribution in [2.24, 2.45) is 0 Å². The molecule has 37 heavy (non-hydrogen) atoms. The molecule has 0 aliphatic carbocycles. The molecule has 6 aromatic rings. The van der Waals surface area contributed by atoms with E-state index >= 15 is 0 Å². The van der Waals surface area contributed by atoms with Crippen LogP contribution in [0.25, 0.3) is 33.0 Å². The van der Waals surface area contributed by atoms with E-state index in [1.165, 1.54) is 16.3 Å². The second kappa shape index (κ2) is 8.94. The number of nitrogens with zero attached hydrogens (tertiary/aromatic N) is 2. The van der Waals surface area contributed by atoms with Gasteiger partial charge in [-0.1, -0.05) is 81.4 Å². The molecule has 0 radical (unpaired) electrons. The van der Waals surface area contributed by atoms with Crippen LogP contribution in [0.4, 0.5) is 17.3 Å². The minimum atomic E-state index is -0.00876. The largest absolute Gasteiger partial charge is 0.437 e. The SMILES string of the molecule is Cc1c(N(c2ccccc2)c2ccccc2)oc2c(-c3cc(C(C)(C)C)c4ccccc4c3)nccc12. The molecule has 3 nitrogen and oxygen atoms in total. The smallest absolute Gasteiger partial charge is 0.208 e. The molecule has 0 aliphatic rings. The molecule has 0 saturated heterocycles. The first-order valence-corrected chi connectivity index (χ1v) is 12.7. The van der Waals surface area contributed by atoms with Crippen molar-refractivity contribution in [3.63, 3.8) is 0 Å². The minimum Gasteiger partial charge on any atom is -0.437 e. The van der Waals surface area contributed by atoms with Crippen molar-refractivity contribution >= 4 is 39.0 Å². The van der Waals surface area contributed by atoms with Gasteiger partial charge in [0.2, 0.25) is 5.88 Å². The molecule has 0 saturated carbocycles. The summed E-state index contributed by atoms with van der Waals surface area (Å²) >= 11 is 0. The van der Waals surface area contributed by atoms with Crippen molar-refractivity contribution in [2.45, 2.75) is 33.1 Å². The number of aromatic nitrogens is 1. The first-order valence-electron chi connectivity index (χ1n) is 12.7. The van der Waals surface area contributed by atoms with E-state index in [-0.39, 0.29) is 5.41 Å². The van der Waals surface area contributed by atoms with Crippen LogP contribution >= 0.6 is 0 Å². The van der Waals surface area contributed by atoms with Gasteiger partial charge in [0.25, 0.3) is 0 Å². The summed E-state index contributed by atoms with van der Waals surface area (Å²) in [5.41, 5.74) is 7.22. The summed E-state index contributed by atoms with van der Waals surface area (Å²) in [6.07, 6.45) is 1.89. The minimum absolute atomic E-state index is 0.00876. The van der Waals surface area contributed by atoms with Gasteiger partial charge >= 0.3 is 0 Å². The molecule has 0 spiro atoms. The van der Waals surface area contributed by atoms with Gasteiger partial charge in [-0.3, -0.25) is 9.88 Å². The lowest BCUT2D eigenvalue weighted by atomic mass is 9.82. The molecular formula is C34H30N2O. The van der Waals surface area contributed by atoms with E-state index in [2.05, 4.69) is 124 Å². The third kappa shape index (κ3) is 4.07. The Morgan fingerprint density at radius 1 is 0.703 bits per heavy atom. The van der Waals surface area contributed by atoms with Crippen LogP contribution in [0.5, 0.6) is 0 Å². The monoisotopic (exact) mass is 482 g/mol. The summed E-state index contributed by atoms with van der Waals surface area (Å²) in [5.74, 6) is 0.804. The maximum Gasteiger partial charge on any atom is 0.208 e. The summed E-state index contributed by atoms with van der Waals surface area (Å²) in [6.45, 7) is 8.92. The number of aryl methyl sites for hydroxylation is 1. The number of para-hydroxylation sites is 2. The van der Waals surface area contributed by atoms with Crippen molar-refractivity contribution in [3.8, 4) is 11.3 Å². The van der Waals surface area contributed by atoms with E-state index in [9.17, 15) is 0 Å². The highest BCUT2D eigenvalue weighted by Crippen LogP contribution is 2.44. The Morgan fingerprint density at radius 2 is 1.32 bits per heavy atom. The Bertz CT molecular complexity index is 1670. The van der Waals surface area contributed by atoms with Crippen LogP contribution in [-0.4, -0.2) is 4.98 Å². The fourth-order valence-electron chi connectivity index (χ4n) is 5.16. The lowest BCUT2D eigenvalue weighted by Gasteiger charge is -2.23. The van der Waals surface area contributed by atoms with Gasteiger partial charge in [-0.05, 0) is 71.1 Å². The summed E-state index contributed by atoms with van der Waals surface area (Å²) in [7, 11) is 0. The standard InChI is InChI=1S/C34H30N2O/c1-23-28-19-20-35-31(25-21-24-13-11-12-18-29(24)30(22-25)34(2,3)4)32(28)37-33(23)36(26-14-7-5-8-15-26)27-16-9-6-10-17-27/h5-22H,1-4H3. The molecule has 0 fully saturated rings. The van der Waals surface area contributed by atoms with Gasteiger partial charge in [-0.25, -0.2) is 0 Å². The molecule has 0 amide bonds. The van der Waals surface area contributed by atoms with Gasteiger partial charge in [0, 0.05) is 34.1 Å². The highest BCUT2D eigenvalue weighted by molar-refractivity contribution is 5.99. The molecule has 6 rings (SSSR count). The van der Waals surface area contributed by atoms with Crippen LogP contribution in [0.2, 0.25) is 0 Å². The van der Waals surface area contributed by atoms with Crippen molar-refractivity contribution in [1.29, 1.82) is 0 Å². The molecule has 2 aromatic heterocycles. The van der Waals surface area contributed by atoms with E-state index in [0.717, 1.165) is 45.0 Å². The molecule has 0 bridgehead atoms. The first kappa shape index (κ1) is 23.1. The maximum absolute atomic E-state index is 6.76. The Morgan fingerprint density at radius 3 is 1.97 bits per heavy atom. The fourth-order valence-corrected chi connectivity index (χ4v) is 5.16. The zero-order chi connectivity index (χ0) is 25.6. The average molecular weight is 483 g/mol. The van der Waals surface area contributed by atoms with E-state index in [1.54, 1.807) is 0 Å². The van der Waals surface area contributed by atoms with Crippen molar-refractivity contribution in [3.05, 3.63) is 120 Å². The summed E-state index contributed by atoms with van der Waals surface area (Å²) in [5, 5.41) is 3.56. The topological polar surface area (TPSA) is 29.3 Å². The second-order valence-electron chi connectivity index (χ2n) is 10.6. The fraction of sp³-hybridized carbons (Fsp3) is 0.147. The Labute approximate surface area is 218 Å². The number of hydrogen-bond acceptors (Lipinski definition) is 3. The molecule has 2 heterocycles. The van der Waals surface area contributed by atoms with Crippen LogP contribution in [0, 0.1) is 6.92 Å². The Hall–Kier alpha value is -4.37. The molecule has 0 unspecified atom stereocenters. The van der Waals surface area contributed by atoms with Crippen molar-refractivity contribution < 1.29 is 4.42 Å². The lowest BCUT2D eigenvalue weighted by Crippen LogP contribution is -2.12. The molecule has 0 atom stereocenters. The average Bonchev–Trinajstić information content (AvgIpc) is 3.25. The second-order valence-corrected chi connectivity index (χ2v) is 10.6. The number of anilines is 3. The van der Waals surface area contributed by atoms with Gasteiger partial charge in [0.15, 0.2) is 5.58 Å². The number of pyridine rings is 1. The van der Waals surface area contributed by atoms with Gasteiger partial charge in [-0.15, -0.1) is 0 Å². The van der Waals surface area contributed by atoms with Gasteiger partial charge < -0.3 is 4.42 Å². The van der Waals surface area contributed by atoms with Crippen LogP contribution in [0.15, 0.2) is 114 Å². The number of furan rings is 1. The van der Waals surface area contributed by atoms with Crippen LogP contribution in [0.1, 0.15) is 31.9 Å². The van der Waals surface area contributed by atoms with Crippen LogP contribution < -0.4 is 4.90 Å². The van der Waals surface area contributed by atoms with Gasteiger partial charge in [0.05, 0.1) is 0 Å². The molecule has 3 heteroatoms. The summed E-state index contributed by atoms with van der Waals surface area (Å²) in [6, 6.07) is 35.9. The third-order valence-electron chi connectivity index (χ3n) is 7.00. The number of benzene rings is 4. The highest BCUT2D eigenvalue weighted by Gasteiger charge is 2.24. The quantitative estimate of drug-likeness (QED) is 0.250. The van der Waals surface area contributed by atoms with Crippen molar-refractivity contribution in [1.82, 2.24) is 4.98 Å². The number of rotatable bonds is 4. The van der Waals surface area contributed by atoms with Crippen LogP contribution in [-0.2, 0) is 5.41 Å². The third-order valence-corrected chi connectivity index (χ3v) is 7.00. The van der Waals surface area contributed by atoms with E-state index in [4.69, 9.17) is 9.40 Å². The van der Waals surface area contributed by atoms with Crippen LogP contribution in [0.3, 0.4) is 0 Å². The van der Waals surface area contributed by atoms with Crippen molar-refractivity contribution in [2.75, 3.05) is 4.90 Å². The number of hydrogen-bond donors (Lipinski definition) is 0. The summed E-state index contributed by atoms with van der Waals surface area (Å²) in [4.78, 5) is 7.03. The van der Waals surface area contributed by atoms with E-state index < -0.39 is 0 Å². The van der Waals surface area contributed by atoms with E-state index in [0.29, 0.717) is 0 Å². The molecule has 0 aliphatic heterocycles. The Kier molecular flexibility index (Phi) is 5.57. The van der Waals surface area contributed by atoms with Gasteiger partial charge in [-0.2, -0.15) is 0 Å². The normalized spacial score (nSPS) is 11.8. The molecular weight excluding hydrogens is 452 g/mol. The molecule has 4 aromatic carbocycles.